The fourth-order valence-corrected chi connectivity index (χ4v) is 6.94. The van der Waals surface area contributed by atoms with E-state index >= 15 is 0 Å². The predicted molar refractivity (Wildman–Crippen MR) is 210 cm³/mol. The number of ether oxygens (including phenoxy) is 3. The van der Waals surface area contributed by atoms with Crippen LogP contribution in [0, 0.1) is 5.92 Å². The molecule has 1 aliphatic carbocycles. The van der Waals surface area contributed by atoms with Crippen LogP contribution >= 0.6 is 0 Å². The molecule has 0 aromatic rings. The average Bonchev–Trinajstić information content (AvgIpc) is 3.49. The zero-order chi connectivity index (χ0) is 43.3. The highest BCUT2D eigenvalue weighted by atomic mass is 16.6. The normalized spacial score (nSPS) is 19.4. The summed E-state index contributed by atoms with van der Waals surface area (Å²) in [5, 5.41) is 10.1. The molecule has 0 spiro atoms. The number of carbonyl (C=O) groups is 8. The molecule has 5 atom stereocenters. The highest BCUT2D eigenvalue weighted by Crippen LogP contribution is 2.31. The number of ketones is 1. The smallest absolute Gasteiger partial charge is 0.408 e. The second kappa shape index (κ2) is 21.5. The van der Waals surface area contributed by atoms with Crippen molar-refractivity contribution in [3.63, 3.8) is 0 Å². The standard InChI is InChI=1S/C40H68N6O11/c1-11-16-26(32(49)35(52)42-22-29(47)43-27(33(41)50)19-15-20-30(48)56-39(5,6)7)44-34(51)28-21-25(55-38(2,3)4)23-46(28)36(53)31(24-17-13-12-14-18-24)45-37(54)57-40(8,9)10/h24-28,31H,11-23H2,1-10H3,(H2,41,50)(H,42,52)(H,43,47)(H,44,51)(H,45,54)/t25-,26?,27+,28+,31+/m1/s1. The lowest BCUT2D eigenvalue weighted by Crippen LogP contribution is -2.58. The summed E-state index contributed by atoms with van der Waals surface area (Å²) in [6.45, 7) is 17.1. The number of likely N-dealkylation sites (tertiary alicyclic amines) is 1. The Morgan fingerprint density at radius 2 is 1.39 bits per heavy atom. The molecule has 2 aliphatic rings. The van der Waals surface area contributed by atoms with E-state index < -0.39 is 101 Å². The van der Waals surface area contributed by atoms with Crippen molar-refractivity contribution in [3.05, 3.63) is 0 Å². The van der Waals surface area contributed by atoms with Gasteiger partial charge in [-0.3, -0.25) is 33.6 Å². The van der Waals surface area contributed by atoms with Crippen molar-refractivity contribution < 1.29 is 52.6 Å². The van der Waals surface area contributed by atoms with Crippen LogP contribution in [0.5, 0.6) is 0 Å². The maximum absolute atomic E-state index is 14.4. The Morgan fingerprint density at radius 3 is 1.93 bits per heavy atom. The molecule has 0 bridgehead atoms. The summed E-state index contributed by atoms with van der Waals surface area (Å²) in [6, 6.07) is -4.48. The van der Waals surface area contributed by atoms with Crippen LogP contribution in [-0.4, -0.2) is 112 Å². The molecule has 0 aromatic heterocycles. The third-order valence-corrected chi connectivity index (χ3v) is 9.24. The fourth-order valence-electron chi connectivity index (χ4n) is 6.94. The summed E-state index contributed by atoms with van der Waals surface area (Å²) in [4.78, 5) is 106. The number of Topliss-reactive ketones (excluding diaryl/α,β-unsaturated/α-hetero) is 1. The van der Waals surface area contributed by atoms with Crippen LogP contribution in [0.2, 0.25) is 0 Å². The van der Waals surface area contributed by atoms with Gasteiger partial charge in [0.15, 0.2) is 0 Å². The SMILES string of the molecule is CCCC(NC(=O)[C@@H]1C[C@@H](OC(C)(C)C)CN1C(=O)[C@@H](NC(=O)OC(C)(C)C)C1CCCCC1)C(=O)C(=O)NCC(=O)N[C@@H](CCCC(=O)OC(C)(C)C)C(N)=O. The number of esters is 1. The quantitative estimate of drug-likeness (QED) is 0.0996. The first-order valence-corrected chi connectivity index (χ1v) is 20.2. The zero-order valence-corrected chi connectivity index (χ0v) is 35.7. The molecule has 57 heavy (non-hydrogen) atoms. The minimum Gasteiger partial charge on any atom is -0.460 e. The van der Waals surface area contributed by atoms with E-state index in [1.165, 1.54) is 4.90 Å². The monoisotopic (exact) mass is 808 g/mol. The van der Waals surface area contributed by atoms with Gasteiger partial charge in [-0.05, 0) is 100 Å². The number of rotatable bonds is 18. The number of hydrogen-bond acceptors (Lipinski definition) is 11. The molecule has 1 unspecified atom stereocenters. The molecular formula is C40H68N6O11. The summed E-state index contributed by atoms with van der Waals surface area (Å²) < 4.78 is 17.0. The zero-order valence-electron chi connectivity index (χ0n) is 35.7. The lowest BCUT2D eigenvalue weighted by molar-refractivity contribution is -0.155. The van der Waals surface area contributed by atoms with Crippen molar-refractivity contribution >= 4 is 47.4 Å². The van der Waals surface area contributed by atoms with Crippen molar-refractivity contribution in [3.8, 4) is 0 Å². The van der Waals surface area contributed by atoms with Crippen LogP contribution in [0.25, 0.3) is 0 Å². The number of nitrogens with zero attached hydrogens (tertiary/aromatic N) is 1. The maximum Gasteiger partial charge on any atom is 0.408 e. The van der Waals surface area contributed by atoms with Crippen LogP contribution in [0.4, 0.5) is 4.79 Å². The molecule has 2 fully saturated rings. The van der Waals surface area contributed by atoms with Gasteiger partial charge in [0, 0.05) is 19.4 Å². The Balaban J connectivity index is 2.18. The molecule has 0 aromatic carbocycles. The van der Waals surface area contributed by atoms with Gasteiger partial charge in [-0.25, -0.2) is 4.79 Å². The second-order valence-corrected chi connectivity index (χ2v) is 18.0. The van der Waals surface area contributed by atoms with E-state index in [9.17, 15) is 38.4 Å². The molecule has 1 saturated carbocycles. The van der Waals surface area contributed by atoms with Gasteiger partial charge in [0.2, 0.25) is 29.4 Å². The third kappa shape index (κ3) is 17.8. The fraction of sp³-hybridized carbons (Fsp3) is 0.800. The summed E-state index contributed by atoms with van der Waals surface area (Å²) in [7, 11) is 0. The Bertz CT molecular complexity index is 1440. The van der Waals surface area contributed by atoms with Gasteiger partial charge < -0.3 is 46.1 Å². The van der Waals surface area contributed by atoms with E-state index in [1.54, 1.807) is 48.5 Å². The first kappa shape index (κ1) is 48.9. The van der Waals surface area contributed by atoms with Gasteiger partial charge in [-0.15, -0.1) is 0 Å². The van der Waals surface area contributed by atoms with E-state index in [-0.39, 0.29) is 44.6 Å². The third-order valence-electron chi connectivity index (χ3n) is 9.24. The van der Waals surface area contributed by atoms with E-state index in [4.69, 9.17) is 19.9 Å². The Kier molecular flexibility index (Phi) is 18.4. The number of nitrogens with two attached hydrogens (primary N) is 1. The van der Waals surface area contributed by atoms with Crippen molar-refractivity contribution in [2.75, 3.05) is 13.1 Å². The Labute approximate surface area is 337 Å². The van der Waals surface area contributed by atoms with Crippen LogP contribution in [0.15, 0.2) is 0 Å². The van der Waals surface area contributed by atoms with E-state index in [0.717, 1.165) is 19.3 Å². The molecule has 1 heterocycles. The van der Waals surface area contributed by atoms with Crippen LogP contribution in [0.1, 0.15) is 140 Å². The molecule has 17 nitrogen and oxygen atoms in total. The van der Waals surface area contributed by atoms with Gasteiger partial charge in [0.25, 0.3) is 5.91 Å². The summed E-state index contributed by atoms with van der Waals surface area (Å²) in [6.07, 6.45) is 3.73. The van der Waals surface area contributed by atoms with Crippen molar-refractivity contribution in [2.45, 2.75) is 187 Å². The van der Waals surface area contributed by atoms with Gasteiger partial charge in [-0.2, -0.15) is 0 Å². The molecule has 0 radical (unpaired) electrons. The Hall–Kier alpha value is -4.28. The number of hydrogen-bond donors (Lipinski definition) is 5. The minimum atomic E-state index is -1.29. The minimum absolute atomic E-state index is 0.00614. The predicted octanol–water partition coefficient (Wildman–Crippen LogP) is 2.70. The molecule has 2 rings (SSSR count). The molecule has 324 valence electrons. The van der Waals surface area contributed by atoms with Crippen LogP contribution in [0.3, 0.4) is 0 Å². The highest BCUT2D eigenvalue weighted by Gasteiger charge is 2.46. The number of primary amides is 1. The van der Waals surface area contributed by atoms with E-state index in [2.05, 4.69) is 21.3 Å². The van der Waals surface area contributed by atoms with Crippen LogP contribution < -0.4 is 27.0 Å². The summed E-state index contributed by atoms with van der Waals surface area (Å²) in [5.41, 5.74) is 3.35. The van der Waals surface area contributed by atoms with Gasteiger partial charge in [0.1, 0.15) is 29.3 Å². The maximum atomic E-state index is 14.4. The highest BCUT2D eigenvalue weighted by molar-refractivity contribution is 6.38. The van der Waals surface area contributed by atoms with E-state index in [1.807, 2.05) is 20.8 Å². The van der Waals surface area contributed by atoms with Crippen molar-refractivity contribution in [1.29, 1.82) is 0 Å². The number of nitrogens with one attached hydrogen (secondary N) is 4. The summed E-state index contributed by atoms with van der Waals surface area (Å²) in [5.74, 6) is -5.59. The number of amides is 6. The van der Waals surface area contributed by atoms with Crippen LogP contribution in [-0.2, 0) is 47.8 Å². The molecule has 17 heteroatoms. The van der Waals surface area contributed by atoms with Gasteiger partial charge in [0.05, 0.1) is 24.3 Å². The van der Waals surface area contributed by atoms with E-state index in [0.29, 0.717) is 19.3 Å². The second-order valence-electron chi connectivity index (χ2n) is 18.0. The average molecular weight is 809 g/mol. The first-order chi connectivity index (χ1) is 26.3. The molecule has 6 amide bonds. The molecule has 6 N–H and O–H groups in total. The lowest BCUT2D eigenvalue weighted by atomic mass is 9.83. The largest absolute Gasteiger partial charge is 0.460 e. The summed E-state index contributed by atoms with van der Waals surface area (Å²) >= 11 is 0. The number of alkyl carbamates (subject to hydrolysis) is 1. The van der Waals surface area contributed by atoms with Gasteiger partial charge >= 0.3 is 12.1 Å². The Morgan fingerprint density at radius 1 is 0.772 bits per heavy atom. The topological polar surface area (TPSA) is 242 Å². The van der Waals surface area contributed by atoms with Gasteiger partial charge in [-0.1, -0.05) is 32.6 Å². The molecule has 1 aliphatic heterocycles. The molecule has 1 saturated heterocycles. The first-order valence-electron chi connectivity index (χ1n) is 20.2. The van der Waals surface area contributed by atoms with Crippen molar-refractivity contribution in [1.82, 2.24) is 26.2 Å². The van der Waals surface area contributed by atoms with Crippen molar-refractivity contribution in [2.24, 2.45) is 11.7 Å². The number of carbonyl (C=O) groups excluding carboxylic acids is 8. The lowest BCUT2D eigenvalue weighted by Gasteiger charge is -2.35. The molecular weight excluding hydrogens is 740 g/mol.